The second kappa shape index (κ2) is 4.33. The lowest BCUT2D eigenvalue weighted by Gasteiger charge is -2.15. The summed E-state index contributed by atoms with van der Waals surface area (Å²) >= 11 is 3.52. The molecule has 84 valence electrons. The predicted molar refractivity (Wildman–Crippen MR) is 65.7 cm³/mol. The molecule has 0 unspecified atom stereocenters. The third-order valence-electron chi connectivity index (χ3n) is 2.49. The molecule has 1 aromatic carbocycles. The molecule has 1 aromatic heterocycles. The van der Waals surface area contributed by atoms with Crippen molar-refractivity contribution in [1.29, 1.82) is 0 Å². The first-order valence-electron chi connectivity index (χ1n) is 5.13. The van der Waals surface area contributed by atoms with Crippen molar-refractivity contribution in [3.05, 3.63) is 34.1 Å². The Morgan fingerprint density at radius 1 is 1.31 bits per heavy atom. The van der Waals surface area contributed by atoms with E-state index in [1.165, 1.54) is 5.56 Å². The summed E-state index contributed by atoms with van der Waals surface area (Å²) in [4.78, 5) is 0. The molecule has 0 aliphatic carbocycles. The number of rotatable bonds is 2. The zero-order valence-electron chi connectivity index (χ0n) is 9.48. The van der Waals surface area contributed by atoms with E-state index < -0.39 is 0 Å². The average Bonchev–Trinajstić information content (AvgIpc) is 2.69. The van der Waals surface area contributed by atoms with Crippen LogP contribution in [0.1, 0.15) is 30.9 Å². The van der Waals surface area contributed by atoms with Crippen LogP contribution in [-0.2, 0) is 0 Å². The van der Waals surface area contributed by atoms with Gasteiger partial charge in [0.1, 0.15) is 6.33 Å². The van der Waals surface area contributed by atoms with Crippen LogP contribution in [0.3, 0.4) is 0 Å². The van der Waals surface area contributed by atoms with Crippen LogP contribution in [0.15, 0.2) is 22.9 Å². The van der Waals surface area contributed by atoms with E-state index in [0.717, 1.165) is 15.7 Å². The van der Waals surface area contributed by atoms with Crippen LogP contribution in [0.5, 0.6) is 0 Å². The van der Waals surface area contributed by atoms with Gasteiger partial charge in [0.15, 0.2) is 0 Å². The lowest BCUT2D eigenvalue weighted by atomic mass is 9.98. The maximum Gasteiger partial charge on any atom is 0.143 e. The molecule has 0 atom stereocenters. The summed E-state index contributed by atoms with van der Waals surface area (Å²) in [5.74, 6) is 0.426. The summed E-state index contributed by atoms with van der Waals surface area (Å²) < 4.78 is 2.81. The normalized spacial score (nSPS) is 11.1. The molecule has 0 radical (unpaired) electrons. The zero-order chi connectivity index (χ0) is 11.7. The Balaban J connectivity index is 2.67. The summed E-state index contributed by atoms with van der Waals surface area (Å²) in [5.41, 5.74) is 3.47. The summed E-state index contributed by atoms with van der Waals surface area (Å²) in [7, 11) is 0. The lowest BCUT2D eigenvalue weighted by molar-refractivity contribution is 0.758. The van der Waals surface area contributed by atoms with Gasteiger partial charge in [-0.15, -0.1) is 5.10 Å². The van der Waals surface area contributed by atoms with Crippen LogP contribution in [0.25, 0.3) is 5.69 Å². The van der Waals surface area contributed by atoms with Crippen LogP contribution in [0, 0.1) is 6.92 Å². The molecule has 2 aromatic rings. The van der Waals surface area contributed by atoms with Gasteiger partial charge < -0.3 is 0 Å². The number of aryl methyl sites for hydroxylation is 1. The van der Waals surface area contributed by atoms with Crippen LogP contribution in [0.4, 0.5) is 0 Å². The summed E-state index contributed by atoms with van der Waals surface area (Å²) in [6.07, 6.45) is 1.63. The number of nitrogens with zero attached hydrogens (tertiary/aromatic N) is 4. The van der Waals surface area contributed by atoms with Gasteiger partial charge in [0.2, 0.25) is 0 Å². The number of hydrogen-bond acceptors (Lipinski definition) is 3. The Labute approximate surface area is 103 Å². The quantitative estimate of drug-likeness (QED) is 0.850. The van der Waals surface area contributed by atoms with Crippen LogP contribution >= 0.6 is 15.9 Å². The van der Waals surface area contributed by atoms with Crippen LogP contribution in [-0.4, -0.2) is 20.2 Å². The number of tetrazole rings is 1. The summed E-state index contributed by atoms with van der Waals surface area (Å²) in [5, 5.41) is 11.3. The molecule has 0 bridgehead atoms. The van der Waals surface area contributed by atoms with Gasteiger partial charge in [-0.1, -0.05) is 29.8 Å². The topological polar surface area (TPSA) is 43.6 Å². The highest BCUT2D eigenvalue weighted by molar-refractivity contribution is 9.10. The standard InChI is InChI=1S/C11H13BrN4/c1-7(2)10-5-9(12)4-8(3)11(10)16-6-13-14-15-16/h4-7H,1-3H3. The van der Waals surface area contributed by atoms with Crippen LogP contribution in [0.2, 0.25) is 0 Å². The van der Waals surface area contributed by atoms with E-state index >= 15 is 0 Å². The van der Waals surface area contributed by atoms with Gasteiger partial charge in [-0.05, 0) is 46.5 Å². The van der Waals surface area contributed by atoms with Gasteiger partial charge in [0.05, 0.1) is 5.69 Å². The van der Waals surface area contributed by atoms with Gasteiger partial charge in [-0.25, -0.2) is 0 Å². The van der Waals surface area contributed by atoms with Crippen molar-refractivity contribution in [2.24, 2.45) is 0 Å². The third-order valence-corrected chi connectivity index (χ3v) is 2.95. The molecule has 16 heavy (non-hydrogen) atoms. The molecule has 4 nitrogen and oxygen atoms in total. The highest BCUT2D eigenvalue weighted by atomic mass is 79.9. The molecule has 0 aliphatic rings. The number of benzene rings is 1. The molecule has 1 heterocycles. The van der Waals surface area contributed by atoms with Gasteiger partial charge in [0, 0.05) is 4.47 Å². The van der Waals surface area contributed by atoms with Crippen molar-refractivity contribution in [2.75, 3.05) is 0 Å². The smallest absolute Gasteiger partial charge is 0.143 e. The molecule has 5 heteroatoms. The number of hydrogen-bond donors (Lipinski definition) is 0. The van der Waals surface area contributed by atoms with Crippen molar-refractivity contribution in [3.63, 3.8) is 0 Å². The zero-order valence-corrected chi connectivity index (χ0v) is 11.1. The van der Waals surface area contributed by atoms with E-state index in [1.807, 2.05) is 0 Å². The highest BCUT2D eigenvalue weighted by Gasteiger charge is 2.13. The van der Waals surface area contributed by atoms with E-state index in [4.69, 9.17) is 0 Å². The minimum atomic E-state index is 0.426. The van der Waals surface area contributed by atoms with Crippen molar-refractivity contribution in [3.8, 4) is 5.69 Å². The van der Waals surface area contributed by atoms with Gasteiger partial charge in [-0.3, -0.25) is 0 Å². The Kier molecular flexibility index (Phi) is 3.05. The molecule has 0 spiro atoms. The molecule has 0 N–H and O–H groups in total. The molecule has 0 saturated carbocycles. The van der Waals surface area contributed by atoms with Gasteiger partial charge in [-0.2, -0.15) is 4.68 Å². The second-order valence-electron chi connectivity index (χ2n) is 4.07. The molecule has 2 rings (SSSR count). The van der Waals surface area contributed by atoms with Crippen molar-refractivity contribution < 1.29 is 0 Å². The maximum atomic E-state index is 3.96. The van der Waals surface area contributed by atoms with E-state index in [-0.39, 0.29) is 0 Å². The van der Waals surface area contributed by atoms with Gasteiger partial charge in [0.25, 0.3) is 0 Å². The Bertz CT molecular complexity index is 491. The Morgan fingerprint density at radius 3 is 2.62 bits per heavy atom. The molecule has 0 amide bonds. The summed E-state index contributed by atoms with van der Waals surface area (Å²) in [6, 6.07) is 4.19. The first-order chi connectivity index (χ1) is 7.59. The number of aromatic nitrogens is 4. The van der Waals surface area contributed by atoms with E-state index in [2.05, 4.69) is 64.4 Å². The Hall–Kier alpha value is -1.23. The monoisotopic (exact) mass is 280 g/mol. The van der Waals surface area contributed by atoms with E-state index in [9.17, 15) is 0 Å². The minimum absolute atomic E-state index is 0.426. The average molecular weight is 281 g/mol. The molecular weight excluding hydrogens is 268 g/mol. The lowest BCUT2D eigenvalue weighted by Crippen LogP contribution is -2.05. The molecular formula is C11H13BrN4. The predicted octanol–water partition coefficient (Wildman–Crippen LogP) is 2.86. The maximum absolute atomic E-state index is 3.96. The fourth-order valence-corrected chi connectivity index (χ4v) is 2.37. The minimum Gasteiger partial charge on any atom is -0.200 e. The van der Waals surface area contributed by atoms with Crippen molar-refractivity contribution >= 4 is 15.9 Å². The fraction of sp³-hybridized carbons (Fsp3) is 0.364. The fourth-order valence-electron chi connectivity index (χ4n) is 1.78. The second-order valence-corrected chi connectivity index (χ2v) is 4.99. The van der Waals surface area contributed by atoms with Gasteiger partial charge >= 0.3 is 0 Å². The molecule has 0 saturated heterocycles. The Morgan fingerprint density at radius 2 is 2.06 bits per heavy atom. The number of halogens is 1. The first-order valence-corrected chi connectivity index (χ1v) is 5.92. The van der Waals surface area contributed by atoms with Crippen LogP contribution < -0.4 is 0 Å². The SMILES string of the molecule is Cc1cc(Br)cc(C(C)C)c1-n1cnnn1. The first kappa shape index (κ1) is 11.3. The highest BCUT2D eigenvalue weighted by Crippen LogP contribution is 2.29. The molecule has 0 aliphatic heterocycles. The molecule has 0 fully saturated rings. The van der Waals surface area contributed by atoms with Crippen molar-refractivity contribution in [2.45, 2.75) is 26.7 Å². The van der Waals surface area contributed by atoms with E-state index in [1.54, 1.807) is 11.0 Å². The summed E-state index contributed by atoms with van der Waals surface area (Å²) in [6.45, 7) is 6.39. The third kappa shape index (κ3) is 2.00. The largest absolute Gasteiger partial charge is 0.200 e. The van der Waals surface area contributed by atoms with Crippen molar-refractivity contribution in [1.82, 2.24) is 20.2 Å². The van der Waals surface area contributed by atoms with E-state index in [0.29, 0.717) is 5.92 Å².